The average molecular weight is 323 g/mol. The number of nitro groups is 1. The van der Waals surface area contributed by atoms with Crippen molar-refractivity contribution in [2.45, 2.75) is 23.4 Å². The Morgan fingerprint density at radius 1 is 1.50 bits per heavy atom. The second kappa shape index (κ2) is 6.43. The van der Waals surface area contributed by atoms with Crippen molar-refractivity contribution in [3.05, 3.63) is 39.7 Å². The summed E-state index contributed by atoms with van der Waals surface area (Å²) < 4.78 is 5.97. The van der Waals surface area contributed by atoms with E-state index in [4.69, 9.17) is 5.84 Å². The van der Waals surface area contributed by atoms with E-state index in [1.165, 1.54) is 23.9 Å². The standard InChI is InChI=1S/C12H13N5O4S/c1-3-10-14-15-12(16(10)13)22-9-5-4-7(17(19)20)6-8(9)11(18)21-2/h4-6H,3,13H2,1-2H3. The van der Waals surface area contributed by atoms with Gasteiger partial charge in [0.2, 0.25) is 5.16 Å². The molecule has 0 saturated carbocycles. The fourth-order valence-electron chi connectivity index (χ4n) is 1.71. The van der Waals surface area contributed by atoms with Crippen LogP contribution in [0.15, 0.2) is 28.3 Å². The molecule has 22 heavy (non-hydrogen) atoms. The van der Waals surface area contributed by atoms with Gasteiger partial charge in [-0.1, -0.05) is 6.92 Å². The molecule has 1 aromatic heterocycles. The number of rotatable bonds is 5. The lowest BCUT2D eigenvalue weighted by Gasteiger charge is -2.07. The van der Waals surface area contributed by atoms with E-state index < -0.39 is 10.9 Å². The number of non-ortho nitro benzene ring substituents is 1. The number of aryl methyl sites for hydroxylation is 1. The predicted octanol–water partition coefficient (Wildman–Crippen LogP) is 1.40. The lowest BCUT2D eigenvalue weighted by molar-refractivity contribution is -0.384. The molecule has 0 unspecified atom stereocenters. The molecule has 0 aliphatic heterocycles. The molecule has 0 saturated heterocycles. The SMILES string of the molecule is CCc1nnc(Sc2ccc([N+](=O)[O-])cc2C(=O)OC)n1N. The van der Waals surface area contributed by atoms with Gasteiger partial charge in [-0.15, -0.1) is 10.2 Å². The molecule has 2 aromatic rings. The van der Waals surface area contributed by atoms with Gasteiger partial charge in [0, 0.05) is 23.4 Å². The van der Waals surface area contributed by atoms with Gasteiger partial charge in [-0.3, -0.25) is 10.1 Å². The van der Waals surface area contributed by atoms with Crippen LogP contribution in [0.4, 0.5) is 5.69 Å². The van der Waals surface area contributed by atoms with Gasteiger partial charge < -0.3 is 10.6 Å². The summed E-state index contributed by atoms with van der Waals surface area (Å²) in [4.78, 5) is 22.5. The topological polar surface area (TPSA) is 126 Å². The fourth-order valence-corrected chi connectivity index (χ4v) is 2.58. The highest BCUT2D eigenvalue weighted by Gasteiger charge is 2.20. The van der Waals surface area contributed by atoms with Gasteiger partial charge >= 0.3 is 5.97 Å². The van der Waals surface area contributed by atoms with Crippen LogP contribution in [-0.2, 0) is 11.2 Å². The molecule has 0 bridgehead atoms. The average Bonchev–Trinajstić information content (AvgIpc) is 2.87. The Labute approximate surface area is 129 Å². The van der Waals surface area contributed by atoms with Gasteiger partial charge in [0.15, 0.2) is 5.82 Å². The maximum Gasteiger partial charge on any atom is 0.339 e. The molecule has 0 amide bonds. The molecule has 116 valence electrons. The normalized spacial score (nSPS) is 10.5. The minimum atomic E-state index is -0.676. The first-order valence-electron chi connectivity index (χ1n) is 6.21. The summed E-state index contributed by atoms with van der Waals surface area (Å²) in [5, 5.41) is 19.0. The zero-order valence-electron chi connectivity index (χ0n) is 11.8. The van der Waals surface area contributed by atoms with E-state index in [-0.39, 0.29) is 11.3 Å². The molecule has 0 radical (unpaired) electrons. The molecule has 2 N–H and O–H groups in total. The zero-order valence-corrected chi connectivity index (χ0v) is 12.7. The van der Waals surface area contributed by atoms with Crippen molar-refractivity contribution in [1.29, 1.82) is 0 Å². The lowest BCUT2D eigenvalue weighted by atomic mass is 10.2. The number of nitro benzene ring substituents is 1. The molecular formula is C12H13N5O4S. The van der Waals surface area contributed by atoms with Crippen LogP contribution in [0.2, 0.25) is 0 Å². The van der Waals surface area contributed by atoms with Crippen molar-refractivity contribution in [2.75, 3.05) is 13.0 Å². The van der Waals surface area contributed by atoms with Gasteiger partial charge in [-0.25, -0.2) is 9.47 Å². The van der Waals surface area contributed by atoms with Gasteiger partial charge in [-0.2, -0.15) is 0 Å². The first-order chi connectivity index (χ1) is 10.5. The molecule has 1 heterocycles. The molecule has 0 aliphatic carbocycles. The third-order valence-electron chi connectivity index (χ3n) is 2.83. The number of nitrogens with two attached hydrogens (primary N) is 1. The van der Waals surface area contributed by atoms with Crippen LogP contribution in [0, 0.1) is 10.1 Å². The van der Waals surface area contributed by atoms with Crippen LogP contribution in [0.25, 0.3) is 0 Å². The van der Waals surface area contributed by atoms with Gasteiger partial charge in [0.1, 0.15) is 0 Å². The van der Waals surface area contributed by atoms with Crippen LogP contribution < -0.4 is 5.84 Å². The quantitative estimate of drug-likeness (QED) is 0.378. The molecule has 2 rings (SSSR count). The number of esters is 1. The third-order valence-corrected chi connectivity index (χ3v) is 3.87. The monoisotopic (exact) mass is 323 g/mol. The Kier molecular flexibility index (Phi) is 4.61. The van der Waals surface area contributed by atoms with Gasteiger partial charge in [0.05, 0.1) is 17.6 Å². The number of ether oxygens (including phenoxy) is 1. The van der Waals surface area contributed by atoms with E-state index >= 15 is 0 Å². The Hall–Kier alpha value is -2.62. The summed E-state index contributed by atoms with van der Waals surface area (Å²) in [6.45, 7) is 1.88. The largest absolute Gasteiger partial charge is 0.465 e. The summed E-state index contributed by atoms with van der Waals surface area (Å²) in [7, 11) is 1.20. The zero-order chi connectivity index (χ0) is 16.3. The molecule has 10 heteroatoms. The fraction of sp³-hybridized carbons (Fsp3) is 0.250. The summed E-state index contributed by atoms with van der Waals surface area (Å²) >= 11 is 1.08. The lowest BCUT2D eigenvalue weighted by Crippen LogP contribution is -2.13. The predicted molar refractivity (Wildman–Crippen MR) is 78.1 cm³/mol. The molecule has 0 aliphatic rings. The molecule has 1 aromatic carbocycles. The van der Waals surface area contributed by atoms with Crippen LogP contribution in [0.1, 0.15) is 23.1 Å². The van der Waals surface area contributed by atoms with Gasteiger partial charge in [0.25, 0.3) is 5.69 Å². The molecular weight excluding hydrogens is 310 g/mol. The van der Waals surface area contributed by atoms with Crippen molar-refractivity contribution in [3.63, 3.8) is 0 Å². The summed E-state index contributed by atoms with van der Waals surface area (Å²) in [6.07, 6.45) is 0.605. The number of benzene rings is 1. The highest BCUT2D eigenvalue weighted by Crippen LogP contribution is 2.31. The molecule has 0 spiro atoms. The maximum absolute atomic E-state index is 11.8. The highest BCUT2D eigenvalue weighted by molar-refractivity contribution is 7.99. The third kappa shape index (κ3) is 3.01. The first kappa shape index (κ1) is 15.8. The van der Waals surface area contributed by atoms with Crippen LogP contribution in [-0.4, -0.2) is 32.9 Å². The smallest absolute Gasteiger partial charge is 0.339 e. The maximum atomic E-state index is 11.8. The van der Waals surface area contributed by atoms with Crippen LogP contribution in [0.3, 0.4) is 0 Å². The van der Waals surface area contributed by atoms with Crippen molar-refractivity contribution < 1.29 is 14.5 Å². The Bertz CT molecular complexity index is 730. The van der Waals surface area contributed by atoms with Gasteiger partial charge in [-0.05, 0) is 17.8 Å². The van der Waals surface area contributed by atoms with Crippen molar-refractivity contribution >= 4 is 23.4 Å². The van der Waals surface area contributed by atoms with Crippen molar-refractivity contribution in [3.8, 4) is 0 Å². The molecule has 0 fully saturated rings. The summed E-state index contributed by atoms with van der Waals surface area (Å²) in [5.41, 5.74) is -0.129. The van der Waals surface area contributed by atoms with E-state index in [0.717, 1.165) is 17.8 Å². The second-order valence-electron chi connectivity index (χ2n) is 4.15. The number of nitrogens with zero attached hydrogens (tertiary/aromatic N) is 4. The van der Waals surface area contributed by atoms with E-state index in [9.17, 15) is 14.9 Å². The van der Waals surface area contributed by atoms with Crippen molar-refractivity contribution in [1.82, 2.24) is 14.9 Å². The minimum absolute atomic E-state index is 0.0720. The highest BCUT2D eigenvalue weighted by atomic mass is 32.2. The number of carbonyl (C=O) groups is 1. The van der Waals surface area contributed by atoms with Crippen LogP contribution >= 0.6 is 11.8 Å². The first-order valence-corrected chi connectivity index (χ1v) is 7.03. The number of aromatic nitrogens is 3. The van der Waals surface area contributed by atoms with E-state index in [1.54, 1.807) is 0 Å². The Balaban J connectivity index is 2.43. The summed E-state index contributed by atoms with van der Waals surface area (Å²) in [6, 6.07) is 3.91. The van der Waals surface area contributed by atoms with E-state index in [1.807, 2.05) is 6.92 Å². The van der Waals surface area contributed by atoms with Crippen molar-refractivity contribution in [2.24, 2.45) is 0 Å². The van der Waals surface area contributed by atoms with Crippen LogP contribution in [0.5, 0.6) is 0 Å². The number of nitrogen functional groups attached to an aromatic ring is 1. The number of hydrogen-bond acceptors (Lipinski definition) is 8. The van der Waals surface area contributed by atoms with E-state index in [2.05, 4.69) is 14.9 Å². The Morgan fingerprint density at radius 3 is 2.77 bits per heavy atom. The molecule has 9 nitrogen and oxygen atoms in total. The number of carbonyl (C=O) groups excluding carboxylic acids is 1. The van der Waals surface area contributed by atoms with E-state index in [0.29, 0.717) is 22.3 Å². The second-order valence-corrected chi connectivity index (χ2v) is 5.16. The minimum Gasteiger partial charge on any atom is -0.465 e. The molecule has 0 atom stereocenters. The number of methoxy groups -OCH3 is 1. The Morgan fingerprint density at radius 2 is 2.23 bits per heavy atom. The summed E-state index contributed by atoms with van der Waals surface area (Å²) in [5.74, 6) is 5.76. The number of hydrogen-bond donors (Lipinski definition) is 1.